The Morgan fingerprint density at radius 3 is 2.42 bits per heavy atom. The number of ether oxygens (including phenoxy) is 1. The third kappa shape index (κ3) is 3.95. The van der Waals surface area contributed by atoms with E-state index in [2.05, 4.69) is 23.5 Å². The summed E-state index contributed by atoms with van der Waals surface area (Å²) in [5, 5.41) is 3.45. The molecule has 0 spiro atoms. The molecule has 4 aromatic rings. The lowest BCUT2D eigenvalue weighted by molar-refractivity contribution is 0.483. The van der Waals surface area contributed by atoms with E-state index in [0.29, 0.717) is 0 Å². The number of hydrogen-bond donors (Lipinski definition) is 1. The van der Waals surface area contributed by atoms with Crippen LogP contribution >= 0.6 is 0 Å². The van der Waals surface area contributed by atoms with Crippen molar-refractivity contribution in [2.75, 3.05) is 5.32 Å². The summed E-state index contributed by atoms with van der Waals surface area (Å²) in [6.45, 7) is 0.726. The fraction of sp³-hybridized carbons (Fsp3) is 0.0435. The van der Waals surface area contributed by atoms with Gasteiger partial charge in [-0.2, -0.15) is 0 Å². The number of hydrogen-bond acceptors (Lipinski definition) is 3. The zero-order chi connectivity index (χ0) is 17.6. The second-order valence-corrected chi connectivity index (χ2v) is 5.97. The second kappa shape index (κ2) is 7.62. The average Bonchev–Trinajstić information content (AvgIpc) is 3.23. The minimum Gasteiger partial charge on any atom is -0.464 e. The first-order valence-electron chi connectivity index (χ1n) is 8.56. The molecule has 26 heavy (non-hydrogen) atoms. The molecule has 1 aromatic heterocycles. The van der Waals surface area contributed by atoms with Crippen molar-refractivity contribution in [3.05, 3.63) is 103 Å². The highest BCUT2D eigenvalue weighted by Crippen LogP contribution is 2.25. The highest BCUT2D eigenvalue weighted by Gasteiger charge is 2.03. The summed E-state index contributed by atoms with van der Waals surface area (Å²) in [4.78, 5) is 0. The maximum absolute atomic E-state index is 5.89. The number of benzene rings is 3. The first-order valence-corrected chi connectivity index (χ1v) is 8.56. The third-order valence-electron chi connectivity index (χ3n) is 4.04. The smallest absolute Gasteiger partial charge is 0.133 e. The van der Waals surface area contributed by atoms with Crippen LogP contribution in [0.1, 0.15) is 5.56 Å². The van der Waals surface area contributed by atoms with Gasteiger partial charge in [0.2, 0.25) is 0 Å². The number of anilines is 1. The van der Waals surface area contributed by atoms with E-state index in [9.17, 15) is 0 Å². The first kappa shape index (κ1) is 16.0. The van der Waals surface area contributed by atoms with Crippen molar-refractivity contribution >= 4 is 5.69 Å². The summed E-state index contributed by atoms with van der Waals surface area (Å²) in [7, 11) is 0. The lowest BCUT2D eigenvalue weighted by Gasteiger charge is -2.10. The normalized spacial score (nSPS) is 10.5. The van der Waals surface area contributed by atoms with Gasteiger partial charge in [-0.15, -0.1) is 0 Å². The number of furan rings is 1. The molecule has 3 aromatic carbocycles. The zero-order valence-corrected chi connectivity index (χ0v) is 14.3. The molecule has 0 fully saturated rings. The predicted molar refractivity (Wildman–Crippen MR) is 104 cm³/mol. The molecule has 0 aliphatic heterocycles. The van der Waals surface area contributed by atoms with E-state index in [1.54, 1.807) is 6.26 Å². The van der Waals surface area contributed by atoms with E-state index in [4.69, 9.17) is 9.15 Å². The summed E-state index contributed by atoms with van der Waals surface area (Å²) in [6.07, 6.45) is 1.69. The molecule has 0 atom stereocenters. The maximum atomic E-state index is 5.89. The van der Waals surface area contributed by atoms with E-state index >= 15 is 0 Å². The number of nitrogens with one attached hydrogen (secondary N) is 1. The molecule has 4 rings (SSSR count). The van der Waals surface area contributed by atoms with Crippen LogP contribution in [0.5, 0.6) is 11.5 Å². The largest absolute Gasteiger partial charge is 0.464 e. The lowest BCUT2D eigenvalue weighted by Crippen LogP contribution is -1.99. The van der Waals surface area contributed by atoms with Gasteiger partial charge in [-0.3, -0.25) is 0 Å². The number of para-hydroxylation sites is 1. The Hall–Kier alpha value is -3.46. The van der Waals surface area contributed by atoms with Crippen molar-refractivity contribution in [2.45, 2.75) is 6.54 Å². The van der Waals surface area contributed by atoms with Gasteiger partial charge in [-0.1, -0.05) is 42.5 Å². The summed E-state index contributed by atoms with van der Waals surface area (Å²) in [5.74, 6) is 2.52. The van der Waals surface area contributed by atoms with Crippen molar-refractivity contribution in [3.63, 3.8) is 0 Å². The van der Waals surface area contributed by atoms with Crippen molar-refractivity contribution in [1.82, 2.24) is 0 Å². The van der Waals surface area contributed by atoms with Crippen LogP contribution in [-0.2, 0) is 6.54 Å². The van der Waals surface area contributed by atoms with Gasteiger partial charge < -0.3 is 14.5 Å². The molecular weight excluding hydrogens is 322 g/mol. The minimum atomic E-state index is 0.726. The van der Waals surface area contributed by atoms with Gasteiger partial charge in [0.25, 0.3) is 0 Å². The Bertz CT molecular complexity index is 962. The van der Waals surface area contributed by atoms with Crippen LogP contribution in [0.3, 0.4) is 0 Å². The van der Waals surface area contributed by atoms with Crippen molar-refractivity contribution < 1.29 is 9.15 Å². The summed E-state index contributed by atoms with van der Waals surface area (Å²) in [5.41, 5.74) is 3.28. The van der Waals surface area contributed by atoms with Crippen molar-refractivity contribution in [1.29, 1.82) is 0 Å². The molecule has 0 saturated heterocycles. The van der Waals surface area contributed by atoms with Crippen LogP contribution in [0.25, 0.3) is 11.3 Å². The highest BCUT2D eigenvalue weighted by molar-refractivity contribution is 5.58. The Morgan fingerprint density at radius 2 is 1.58 bits per heavy atom. The maximum Gasteiger partial charge on any atom is 0.133 e. The molecule has 0 aliphatic carbocycles. The first-order chi connectivity index (χ1) is 12.9. The number of rotatable bonds is 6. The van der Waals surface area contributed by atoms with Crippen molar-refractivity contribution in [3.8, 4) is 22.8 Å². The van der Waals surface area contributed by atoms with Crippen molar-refractivity contribution in [2.24, 2.45) is 0 Å². The molecule has 0 bridgehead atoms. The van der Waals surface area contributed by atoms with Crippen LogP contribution in [-0.4, -0.2) is 0 Å². The van der Waals surface area contributed by atoms with Gasteiger partial charge in [-0.05, 0) is 48.0 Å². The van der Waals surface area contributed by atoms with Gasteiger partial charge in [-0.25, -0.2) is 0 Å². The molecular formula is C23H19NO2. The molecule has 0 amide bonds. The summed E-state index contributed by atoms with van der Waals surface area (Å²) >= 11 is 0. The van der Waals surface area contributed by atoms with E-state index < -0.39 is 0 Å². The van der Waals surface area contributed by atoms with E-state index in [0.717, 1.165) is 35.1 Å². The predicted octanol–water partition coefficient (Wildman–Crippen LogP) is 6.35. The van der Waals surface area contributed by atoms with E-state index in [1.165, 1.54) is 5.56 Å². The second-order valence-electron chi connectivity index (χ2n) is 5.97. The average molecular weight is 341 g/mol. The highest BCUT2D eigenvalue weighted by atomic mass is 16.5. The van der Waals surface area contributed by atoms with E-state index in [1.807, 2.05) is 72.8 Å². The summed E-state index contributed by atoms with van der Waals surface area (Å²) in [6, 6.07) is 30.0. The van der Waals surface area contributed by atoms with Gasteiger partial charge in [0.1, 0.15) is 17.3 Å². The quantitative estimate of drug-likeness (QED) is 0.443. The molecule has 3 heteroatoms. The van der Waals surface area contributed by atoms with Crippen LogP contribution in [0.15, 0.2) is 102 Å². The standard InChI is InChI=1S/C23H19NO2/c1-2-10-21(11-3-1)26-22-12-5-9-20(16-22)24-17-18-7-4-8-19(15-18)23-13-6-14-25-23/h1-16,24H,17H2. The molecule has 3 nitrogen and oxygen atoms in total. The molecule has 1 heterocycles. The SMILES string of the molecule is c1ccc(Oc2cccc(NCc3cccc(-c4ccco4)c3)c2)cc1. The minimum absolute atomic E-state index is 0.726. The molecule has 1 N–H and O–H groups in total. The Morgan fingerprint density at radius 1 is 0.731 bits per heavy atom. The van der Waals surface area contributed by atoms with Crippen LogP contribution in [0, 0.1) is 0 Å². The summed E-state index contributed by atoms with van der Waals surface area (Å²) < 4.78 is 11.4. The molecule has 0 aliphatic rings. The van der Waals surface area contributed by atoms with Gasteiger partial charge in [0.05, 0.1) is 6.26 Å². The molecule has 0 unspecified atom stereocenters. The molecule has 0 radical (unpaired) electrons. The monoisotopic (exact) mass is 341 g/mol. The Balaban J connectivity index is 1.43. The molecule has 0 saturated carbocycles. The fourth-order valence-corrected chi connectivity index (χ4v) is 2.78. The third-order valence-corrected chi connectivity index (χ3v) is 4.04. The fourth-order valence-electron chi connectivity index (χ4n) is 2.78. The van der Waals surface area contributed by atoms with Gasteiger partial charge in [0.15, 0.2) is 0 Å². The van der Waals surface area contributed by atoms with Gasteiger partial charge >= 0.3 is 0 Å². The van der Waals surface area contributed by atoms with Crippen LogP contribution in [0.2, 0.25) is 0 Å². The topological polar surface area (TPSA) is 34.4 Å². The molecule has 128 valence electrons. The Labute approximate surface area is 152 Å². The lowest BCUT2D eigenvalue weighted by atomic mass is 10.1. The van der Waals surface area contributed by atoms with Crippen LogP contribution in [0.4, 0.5) is 5.69 Å². The zero-order valence-electron chi connectivity index (χ0n) is 14.3. The van der Waals surface area contributed by atoms with Crippen LogP contribution < -0.4 is 10.1 Å². The van der Waals surface area contributed by atoms with Gasteiger partial charge in [0, 0.05) is 23.9 Å². The van der Waals surface area contributed by atoms with E-state index in [-0.39, 0.29) is 0 Å². The Kier molecular flexibility index (Phi) is 4.70.